The fourth-order valence-corrected chi connectivity index (χ4v) is 3.83. The van der Waals surface area contributed by atoms with Gasteiger partial charge < -0.3 is 10.2 Å². The lowest BCUT2D eigenvalue weighted by molar-refractivity contribution is 0.124. The van der Waals surface area contributed by atoms with Crippen molar-refractivity contribution in [3.05, 3.63) is 0 Å². The molecule has 0 amide bonds. The lowest BCUT2D eigenvalue weighted by Gasteiger charge is -2.40. The molecule has 3 unspecified atom stereocenters. The number of nitrogens with one attached hydrogen (secondary N) is 1. The van der Waals surface area contributed by atoms with Crippen molar-refractivity contribution in [1.29, 1.82) is 0 Å². The second kappa shape index (κ2) is 5.71. The molecule has 2 heteroatoms. The van der Waals surface area contributed by atoms with Crippen LogP contribution in [0.5, 0.6) is 0 Å². The average molecular weight is 238 g/mol. The summed E-state index contributed by atoms with van der Waals surface area (Å²) in [7, 11) is 2.35. The molecule has 1 saturated heterocycles. The smallest absolute Gasteiger partial charge is 0.0306 e. The first-order chi connectivity index (χ1) is 8.15. The van der Waals surface area contributed by atoms with Crippen LogP contribution in [0.4, 0.5) is 0 Å². The fraction of sp³-hybridized carbons (Fsp3) is 1.00. The Hall–Kier alpha value is -0.0800. The molecule has 2 aliphatic rings. The minimum atomic E-state index is 0.426. The SMILES string of the molecule is CCC1(CN(C)C2CCCC(C)C2)CCCN1. The molecular formula is C15H30N2. The number of likely N-dealkylation sites (N-methyl/N-ethyl adjacent to an activating group) is 1. The van der Waals surface area contributed by atoms with Crippen LogP contribution >= 0.6 is 0 Å². The van der Waals surface area contributed by atoms with Gasteiger partial charge in [-0.15, -0.1) is 0 Å². The van der Waals surface area contributed by atoms with Gasteiger partial charge in [-0.25, -0.2) is 0 Å². The lowest BCUT2D eigenvalue weighted by Crippen LogP contribution is -2.51. The third-order valence-corrected chi connectivity index (χ3v) is 5.09. The van der Waals surface area contributed by atoms with Crippen LogP contribution in [0.3, 0.4) is 0 Å². The van der Waals surface area contributed by atoms with E-state index in [1.807, 2.05) is 0 Å². The van der Waals surface area contributed by atoms with Gasteiger partial charge in [0.1, 0.15) is 0 Å². The van der Waals surface area contributed by atoms with Crippen molar-refractivity contribution in [3.8, 4) is 0 Å². The van der Waals surface area contributed by atoms with Gasteiger partial charge >= 0.3 is 0 Å². The van der Waals surface area contributed by atoms with Gasteiger partial charge in [0, 0.05) is 18.1 Å². The maximum absolute atomic E-state index is 3.76. The molecule has 1 N–H and O–H groups in total. The van der Waals surface area contributed by atoms with Crippen molar-refractivity contribution in [2.45, 2.75) is 70.4 Å². The quantitative estimate of drug-likeness (QED) is 0.810. The summed E-state index contributed by atoms with van der Waals surface area (Å²) < 4.78 is 0. The Kier molecular flexibility index (Phi) is 4.48. The van der Waals surface area contributed by atoms with Crippen LogP contribution in [0, 0.1) is 5.92 Å². The summed E-state index contributed by atoms with van der Waals surface area (Å²) in [4.78, 5) is 2.65. The summed E-state index contributed by atoms with van der Waals surface area (Å²) in [6, 6.07) is 0.838. The molecule has 0 radical (unpaired) electrons. The second-order valence-electron chi connectivity index (χ2n) is 6.50. The van der Waals surface area contributed by atoms with Crippen molar-refractivity contribution in [1.82, 2.24) is 10.2 Å². The highest BCUT2D eigenvalue weighted by atomic mass is 15.2. The van der Waals surface area contributed by atoms with Gasteiger partial charge in [-0.2, -0.15) is 0 Å². The molecule has 2 nitrogen and oxygen atoms in total. The van der Waals surface area contributed by atoms with Crippen molar-refractivity contribution in [2.24, 2.45) is 5.92 Å². The van der Waals surface area contributed by atoms with Crippen LogP contribution in [-0.4, -0.2) is 36.6 Å². The maximum Gasteiger partial charge on any atom is 0.0306 e. The molecular weight excluding hydrogens is 208 g/mol. The van der Waals surface area contributed by atoms with Crippen molar-refractivity contribution in [3.63, 3.8) is 0 Å². The van der Waals surface area contributed by atoms with Crippen molar-refractivity contribution in [2.75, 3.05) is 20.1 Å². The predicted octanol–water partition coefficient (Wildman–Crippen LogP) is 3.03. The fourth-order valence-electron chi connectivity index (χ4n) is 3.83. The van der Waals surface area contributed by atoms with Gasteiger partial charge in [-0.1, -0.05) is 26.7 Å². The lowest BCUT2D eigenvalue weighted by atomic mass is 9.85. The Bertz CT molecular complexity index is 233. The normalized spacial score (nSPS) is 38.8. The van der Waals surface area contributed by atoms with E-state index in [0.29, 0.717) is 5.54 Å². The Labute approximate surface area is 107 Å². The third kappa shape index (κ3) is 3.23. The van der Waals surface area contributed by atoms with Gasteiger partial charge in [0.05, 0.1) is 0 Å². The van der Waals surface area contributed by atoms with Crippen LogP contribution in [0.15, 0.2) is 0 Å². The largest absolute Gasteiger partial charge is 0.310 e. The van der Waals surface area contributed by atoms with E-state index in [9.17, 15) is 0 Å². The van der Waals surface area contributed by atoms with Crippen LogP contribution in [0.25, 0.3) is 0 Å². The first-order valence-electron chi connectivity index (χ1n) is 7.60. The summed E-state index contributed by atoms with van der Waals surface area (Å²) in [5.41, 5.74) is 0.426. The second-order valence-corrected chi connectivity index (χ2v) is 6.50. The zero-order chi connectivity index (χ0) is 12.3. The predicted molar refractivity (Wildman–Crippen MR) is 74.3 cm³/mol. The summed E-state index contributed by atoms with van der Waals surface area (Å²) in [6.45, 7) is 7.24. The molecule has 0 bridgehead atoms. The van der Waals surface area contributed by atoms with Gasteiger partial charge in [0.15, 0.2) is 0 Å². The summed E-state index contributed by atoms with van der Waals surface area (Å²) in [5, 5.41) is 3.76. The molecule has 0 aromatic heterocycles. The molecule has 1 aliphatic carbocycles. The van der Waals surface area contributed by atoms with Crippen LogP contribution in [0.2, 0.25) is 0 Å². The minimum Gasteiger partial charge on any atom is -0.310 e. The van der Waals surface area contributed by atoms with E-state index in [1.54, 1.807) is 0 Å². The van der Waals surface area contributed by atoms with E-state index >= 15 is 0 Å². The molecule has 0 spiro atoms. The minimum absolute atomic E-state index is 0.426. The highest BCUT2D eigenvalue weighted by Gasteiger charge is 2.34. The summed E-state index contributed by atoms with van der Waals surface area (Å²) in [6.07, 6.45) is 9.72. The monoisotopic (exact) mass is 238 g/mol. The molecule has 0 aromatic rings. The number of hydrogen-bond donors (Lipinski definition) is 1. The highest BCUT2D eigenvalue weighted by Crippen LogP contribution is 2.30. The Morgan fingerprint density at radius 2 is 2.12 bits per heavy atom. The molecule has 0 aromatic carbocycles. The van der Waals surface area contributed by atoms with Crippen LogP contribution in [-0.2, 0) is 0 Å². The maximum atomic E-state index is 3.76. The summed E-state index contributed by atoms with van der Waals surface area (Å²) >= 11 is 0. The van der Waals surface area contributed by atoms with Crippen molar-refractivity contribution >= 4 is 0 Å². The topological polar surface area (TPSA) is 15.3 Å². The van der Waals surface area contributed by atoms with E-state index in [-0.39, 0.29) is 0 Å². The van der Waals surface area contributed by atoms with Gasteiger partial charge in [0.25, 0.3) is 0 Å². The Morgan fingerprint density at radius 1 is 1.29 bits per heavy atom. The Morgan fingerprint density at radius 3 is 2.71 bits per heavy atom. The molecule has 17 heavy (non-hydrogen) atoms. The number of hydrogen-bond acceptors (Lipinski definition) is 2. The van der Waals surface area contributed by atoms with E-state index < -0.39 is 0 Å². The van der Waals surface area contributed by atoms with Crippen molar-refractivity contribution < 1.29 is 0 Å². The van der Waals surface area contributed by atoms with E-state index in [0.717, 1.165) is 12.0 Å². The van der Waals surface area contributed by atoms with Gasteiger partial charge in [0.2, 0.25) is 0 Å². The molecule has 1 saturated carbocycles. The highest BCUT2D eigenvalue weighted by molar-refractivity contribution is 4.95. The van der Waals surface area contributed by atoms with Gasteiger partial charge in [-0.05, 0) is 51.6 Å². The van der Waals surface area contributed by atoms with Gasteiger partial charge in [-0.3, -0.25) is 0 Å². The number of rotatable bonds is 4. The van der Waals surface area contributed by atoms with Crippen LogP contribution < -0.4 is 5.32 Å². The van der Waals surface area contributed by atoms with E-state index in [1.165, 1.54) is 58.0 Å². The molecule has 2 fully saturated rings. The molecule has 3 atom stereocenters. The first-order valence-corrected chi connectivity index (χ1v) is 7.60. The van der Waals surface area contributed by atoms with E-state index in [4.69, 9.17) is 0 Å². The zero-order valence-corrected chi connectivity index (χ0v) is 12.0. The molecule has 2 rings (SSSR count). The van der Waals surface area contributed by atoms with E-state index in [2.05, 4.69) is 31.1 Å². The number of nitrogens with zero attached hydrogens (tertiary/aromatic N) is 1. The molecule has 1 aliphatic heterocycles. The molecule has 1 heterocycles. The average Bonchev–Trinajstić information content (AvgIpc) is 2.78. The van der Waals surface area contributed by atoms with Crippen LogP contribution in [0.1, 0.15) is 58.8 Å². The molecule has 100 valence electrons. The standard InChI is InChI=1S/C15H30N2/c1-4-15(9-6-10-16-15)12-17(3)14-8-5-7-13(2)11-14/h13-14,16H,4-12H2,1-3H3. The third-order valence-electron chi connectivity index (χ3n) is 5.09. The first kappa shape index (κ1) is 13.4. The summed E-state index contributed by atoms with van der Waals surface area (Å²) in [5.74, 6) is 0.935. The zero-order valence-electron chi connectivity index (χ0n) is 12.0. The Balaban J connectivity index is 1.88.